The largest absolute Gasteiger partial charge is 0.560 e. The second-order valence-corrected chi connectivity index (χ2v) is 4.53. The summed E-state index contributed by atoms with van der Waals surface area (Å²) in [7, 11) is -1.24. The van der Waals surface area contributed by atoms with Crippen LogP contribution in [-0.4, -0.2) is 27.5 Å². The van der Waals surface area contributed by atoms with Crippen LogP contribution in [0.4, 0.5) is 0 Å². The SMILES string of the molecule is OB1Oc2cc(O)ccc2C=C1c1cc(O)cc(O)c1. The molecule has 0 bridgehead atoms. The van der Waals surface area contributed by atoms with Crippen LogP contribution in [0.1, 0.15) is 11.1 Å². The van der Waals surface area contributed by atoms with Crippen molar-refractivity contribution in [3.63, 3.8) is 0 Å². The standard InChI is InChI=1S/C14H11BO5/c16-10-2-1-8-5-13(15(19)20-14(8)7-10)9-3-11(17)6-12(18)4-9/h1-7,16-19H. The molecule has 1 aliphatic rings. The van der Waals surface area contributed by atoms with Gasteiger partial charge in [-0.05, 0) is 35.9 Å². The fourth-order valence-electron chi connectivity index (χ4n) is 2.15. The normalized spacial score (nSPS) is 13.4. The minimum absolute atomic E-state index is 0.0443. The summed E-state index contributed by atoms with van der Waals surface area (Å²) in [5.74, 6) is 0.197. The summed E-state index contributed by atoms with van der Waals surface area (Å²) in [5.41, 5.74) is 1.55. The van der Waals surface area contributed by atoms with Gasteiger partial charge in [0.15, 0.2) is 0 Å². The van der Waals surface area contributed by atoms with Gasteiger partial charge < -0.3 is 25.0 Å². The Labute approximate surface area is 115 Å². The summed E-state index contributed by atoms with van der Waals surface area (Å²) in [6.07, 6.45) is 1.68. The first-order valence-electron chi connectivity index (χ1n) is 5.95. The van der Waals surface area contributed by atoms with E-state index in [4.69, 9.17) is 4.65 Å². The lowest BCUT2D eigenvalue weighted by Crippen LogP contribution is -2.26. The molecule has 20 heavy (non-hydrogen) atoms. The second-order valence-electron chi connectivity index (χ2n) is 4.53. The highest BCUT2D eigenvalue weighted by molar-refractivity contribution is 6.70. The monoisotopic (exact) mass is 270 g/mol. The molecule has 0 saturated heterocycles. The Kier molecular flexibility index (Phi) is 2.80. The van der Waals surface area contributed by atoms with Gasteiger partial charge in [0.05, 0.1) is 0 Å². The van der Waals surface area contributed by atoms with Gasteiger partial charge in [0.1, 0.15) is 23.0 Å². The van der Waals surface area contributed by atoms with Crippen LogP contribution < -0.4 is 4.65 Å². The summed E-state index contributed by atoms with van der Waals surface area (Å²) in [6, 6.07) is 8.61. The van der Waals surface area contributed by atoms with Crippen molar-refractivity contribution >= 4 is 18.7 Å². The number of fused-ring (bicyclic) bond motifs is 1. The highest BCUT2D eigenvalue weighted by Gasteiger charge is 2.29. The zero-order valence-electron chi connectivity index (χ0n) is 10.3. The van der Waals surface area contributed by atoms with Gasteiger partial charge in [-0.3, -0.25) is 0 Å². The summed E-state index contributed by atoms with van der Waals surface area (Å²) in [5, 5.41) is 38.4. The molecule has 4 N–H and O–H groups in total. The van der Waals surface area contributed by atoms with Crippen LogP contribution in [0.2, 0.25) is 0 Å². The number of hydrogen-bond donors (Lipinski definition) is 4. The number of hydrogen-bond acceptors (Lipinski definition) is 5. The van der Waals surface area contributed by atoms with Gasteiger partial charge in [0.25, 0.3) is 0 Å². The van der Waals surface area contributed by atoms with E-state index in [0.29, 0.717) is 22.3 Å². The highest BCUT2D eigenvalue weighted by atomic mass is 16.5. The Bertz CT molecular complexity index is 690. The molecule has 0 amide bonds. The average Bonchev–Trinajstić information content (AvgIpc) is 2.36. The van der Waals surface area contributed by atoms with Crippen LogP contribution >= 0.6 is 0 Å². The molecule has 0 aromatic heterocycles. The van der Waals surface area contributed by atoms with Gasteiger partial charge in [-0.2, -0.15) is 0 Å². The first-order chi connectivity index (χ1) is 9.52. The Hall–Kier alpha value is -2.60. The van der Waals surface area contributed by atoms with Gasteiger partial charge >= 0.3 is 7.12 Å². The van der Waals surface area contributed by atoms with Crippen LogP contribution in [-0.2, 0) is 0 Å². The van der Waals surface area contributed by atoms with E-state index in [-0.39, 0.29) is 17.2 Å². The Morgan fingerprint density at radius 2 is 1.55 bits per heavy atom. The van der Waals surface area contributed by atoms with E-state index in [2.05, 4.69) is 0 Å². The van der Waals surface area contributed by atoms with Crippen molar-refractivity contribution in [1.29, 1.82) is 0 Å². The Morgan fingerprint density at radius 3 is 2.25 bits per heavy atom. The molecule has 2 aromatic rings. The first-order valence-corrected chi connectivity index (χ1v) is 5.95. The lowest BCUT2D eigenvalue weighted by atomic mass is 9.71. The maximum absolute atomic E-state index is 10.0. The second kappa shape index (κ2) is 4.50. The van der Waals surface area contributed by atoms with Crippen molar-refractivity contribution in [3.05, 3.63) is 47.5 Å². The van der Waals surface area contributed by atoms with Gasteiger partial charge in [0, 0.05) is 23.2 Å². The third-order valence-electron chi connectivity index (χ3n) is 3.05. The number of phenols is 3. The van der Waals surface area contributed by atoms with Crippen molar-refractivity contribution in [3.8, 4) is 23.0 Å². The zero-order chi connectivity index (χ0) is 14.3. The van der Waals surface area contributed by atoms with Gasteiger partial charge in [-0.25, -0.2) is 0 Å². The maximum atomic E-state index is 10.0. The predicted molar refractivity (Wildman–Crippen MR) is 74.4 cm³/mol. The molecule has 6 heteroatoms. The Balaban J connectivity index is 2.11. The van der Waals surface area contributed by atoms with E-state index in [9.17, 15) is 20.3 Å². The van der Waals surface area contributed by atoms with Gasteiger partial charge in [-0.1, -0.05) is 0 Å². The minimum Gasteiger partial charge on any atom is -0.532 e. The van der Waals surface area contributed by atoms with Gasteiger partial charge in [0.2, 0.25) is 0 Å². The molecule has 0 unspecified atom stereocenters. The molecule has 0 spiro atoms. The molecule has 0 atom stereocenters. The molecule has 0 aliphatic carbocycles. The molecule has 1 heterocycles. The molecular formula is C14H11BO5. The van der Waals surface area contributed by atoms with E-state index in [1.165, 1.54) is 30.3 Å². The molecule has 0 radical (unpaired) electrons. The van der Waals surface area contributed by atoms with Crippen molar-refractivity contribution in [2.75, 3.05) is 0 Å². The molecule has 0 saturated carbocycles. The third kappa shape index (κ3) is 2.17. The van der Waals surface area contributed by atoms with Crippen molar-refractivity contribution in [1.82, 2.24) is 0 Å². The van der Waals surface area contributed by atoms with E-state index >= 15 is 0 Å². The highest BCUT2D eigenvalue weighted by Crippen LogP contribution is 2.35. The molecule has 5 nitrogen and oxygen atoms in total. The van der Waals surface area contributed by atoms with Crippen LogP contribution in [0.5, 0.6) is 23.0 Å². The average molecular weight is 270 g/mol. The lowest BCUT2D eigenvalue weighted by Gasteiger charge is -2.21. The molecule has 0 fully saturated rings. The number of rotatable bonds is 1. The minimum atomic E-state index is -1.24. The molecular weight excluding hydrogens is 259 g/mol. The smallest absolute Gasteiger partial charge is 0.532 e. The van der Waals surface area contributed by atoms with Crippen LogP contribution in [0, 0.1) is 0 Å². The Morgan fingerprint density at radius 1 is 0.850 bits per heavy atom. The summed E-state index contributed by atoms with van der Waals surface area (Å²) in [4.78, 5) is 0. The predicted octanol–water partition coefficient (Wildman–Crippen LogP) is 1.76. The fourth-order valence-corrected chi connectivity index (χ4v) is 2.15. The summed E-state index contributed by atoms with van der Waals surface area (Å²) < 4.78 is 5.32. The summed E-state index contributed by atoms with van der Waals surface area (Å²) >= 11 is 0. The van der Waals surface area contributed by atoms with Crippen LogP contribution in [0.15, 0.2) is 36.4 Å². The maximum Gasteiger partial charge on any atom is 0.560 e. The molecule has 1 aliphatic heterocycles. The van der Waals surface area contributed by atoms with Gasteiger partial charge in [-0.15, -0.1) is 0 Å². The third-order valence-corrected chi connectivity index (χ3v) is 3.05. The van der Waals surface area contributed by atoms with E-state index in [1.54, 1.807) is 12.1 Å². The number of aromatic hydroxyl groups is 3. The quantitative estimate of drug-likeness (QED) is 0.593. The first kappa shape index (κ1) is 12.4. The fraction of sp³-hybridized carbons (Fsp3) is 0. The number of phenolic OH excluding ortho intramolecular Hbond substituents is 3. The van der Waals surface area contributed by atoms with Crippen LogP contribution in [0.25, 0.3) is 11.5 Å². The van der Waals surface area contributed by atoms with Crippen molar-refractivity contribution in [2.24, 2.45) is 0 Å². The van der Waals surface area contributed by atoms with Crippen molar-refractivity contribution < 1.29 is 25.0 Å². The zero-order valence-corrected chi connectivity index (χ0v) is 10.3. The van der Waals surface area contributed by atoms with E-state index < -0.39 is 7.12 Å². The van der Waals surface area contributed by atoms with E-state index in [0.717, 1.165) is 0 Å². The molecule has 100 valence electrons. The summed E-state index contributed by atoms with van der Waals surface area (Å²) in [6.45, 7) is 0. The van der Waals surface area contributed by atoms with Crippen LogP contribution in [0.3, 0.4) is 0 Å². The molecule has 2 aromatic carbocycles. The molecule has 3 rings (SSSR count). The van der Waals surface area contributed by atoms with E-state index in [1.807, 2.05) is 0 Å². The number of benzene rings is 2. The van der Waals surface area contributed by atoms with Crippen molar-refractivity contribution in [2.45, 2.75) is 0 Å². The topological polar surface area (TPSA) is 90.2 Å². The lowest BCUT2D eigenvalue weighted by molar-refractivity contribution is 0.426.